The van der Waals surface area contributed by atoms with Gasteiger partial charge in [0.15, 0.2) is 0 Å². The Labute approximate surface area is 157 Å². The largest absolute Gasteiger partial charge is 0.340 e. The van der Waals surface area contributed by atoms with Crippen LogP contribution >= 0.6 is 11.3 Å². The fraction of sp³-hybridized carbons (Fsp3) is 0.182. The predicted octanol–water partition coefficient (Wildman–Crippen LogP) is 5.95. The number of benzene rings is 2. The average Bonchev–Trinajstić information content (AvgIpc) is 3.00. The smallest absolute Gasteiger partial charge is 0.142 e. The second kappa shape index (κ2) is 6.89. The third kappa shape index (κ3) is 3.46. The Hall–Kier alpha value is -2.72. The van der Waals surface area contributed by atoms with Gasteiger partial charge < -0.3 is 5.32 Å². The predicted molar refractivity (Wildman–Crippen MR) is 111 cm³/mol. The number of thiophene rings is 1. The van der Waals surface area contributed by atoms with Gasteiger partial charge in [-0.05, 0) is 55.7 Å². The molecule has 4 aromatic rings. The first-order valence-electron chi connectivity index (χ1n) is 8.74. The van der Waals surface area contributed by atoms with E-state index in [0.717, 1.165) is 34.0 Å². The van der Waals surface area contributed by atoms with Gasteiger partial charge in [-0.3, -0.25) is 0 Å². The van der Waals surface area contributed by atoms with Crippen molar-refractivity contribution in [3.05, 3.63) is 82.0 Å². The van der Waals surface area contributed by atoms with E-state index in [1.807, 2.05) is 6.07 Å². The molecule has 0 unspecified atom stereocenters. The van der Waals surface area contributed by atoms with Crippen LogP contribution in [-0.4, -0.2) is 9.97 Å². The van der Waals surface area contributed by atoms with Crippen LogP contribution in [0.15, 0.2) is 54.6 Å². The highest BCUT2D eigenvalue weighted by atomic mass is 32.1. The summed E-state index contributed by atoms with van der Waals surface area (Å²) in [6, 6.07) is 18.9. The minimum absolute atomic E-state index is 0.731. The Bertz CT molecular complexity index is 1070. The first kappa shape index (κ1) is 16.7. The standard InChI is InChI=1S/C22H21N3S/c1-14-9-10-18(11-15(14)2)23-21-19-12-16(3)26-22(19)25-20(24-21)13-17-7-5-4-6-8-17/h4-12H,13H2,1-3H3,(H,23,24,25). The van der Waals surface area contributed by atoms with Gasteiger partial charge >= 0.3 is 0 Å². The Morgan fingerprint density at radius 3 is 2.46 bits per heavy atom. The van der Waals surface area contributed by atoms with E-state index in [-0.39, 0.29) is 0 Å². The highest BCUT2D eigenvalue weighted by Gasteiger charge is 2.12. The monoisotopic (exact) mass is 359 g/mol. The van der Waals surface area contributed by atoms with Crippen LogP contribution in [0.5, 0.6) is 0 Å². The van der Waals surface area contributed by atoms with E-state index in [9.17, 15) is 0 Å². The van der Waals surface area contributed by atoms with Gasteiger partial charge in [0.1, 0.15) is 16.5 Å². The average molecular weight is 359 g/mol. The zero-order chi connectivity index (χ0) is 18.1. The fourth-order valence-electron chi connectivity index (χ4n) is 2.99. The van der Waals surface area contributed by atoms with Crippen LogP contribution in [0.3, 0.4) is 0 Å². The highest BCUT2D eigenvalue weighted by Crippen LogP contribution is 2.31. The molecule has 0 fully saturated rings. The summed E-state index contributed by atoms with van der Waals surface area (Å²) in [5.74, 6) is 1.73. The molecule has 0 aliphatic heterocycles. The molecule has 0 bridgehead atoms. The van der Waals surface area contributed by atoms with Crippen molar-refractivity contribution < 1.29 is 0 Å². The summed E-state index contributed by atoms with van der Waals surface area (Å²) in [6.45, 7) is 6.37. The second-order valence-corrected chi connectivity index (χ2v) is 7.89. The van der Waals surface area contributed by atoms with Crippen LogP contribution in [0.1, 0.15) is 27.4 Å². The van der Waals surface area contributed by atoms with Gasteiger partial charge in [-0.25, -0.2) is 9.97 Å². The molecule has 2 aromatic heterocycles. The van der Waals surface area contributed by atoms with Crippen LogP contribution in [0.25, 0.3) is 10.2 Å². The number of anilines is 2. The van der Waals surface area contributed by atoms with Crippen molar-refractivity contribution in [2.45, 2.75) is 27.2 Å². The van der Waals surface area contributed by atoms with Crippen LogP contribution in [-0.2, 0) is 6.42 Å². The summed E-state index contributed by atoms with van der Waals surface area (Å²) in [4.78, 5) is 11.9. The van der Waals surface area contributed by atoms with E-state index in [0.29, 0.717) is 0 Å². The van der Waals surface area contributed by atoms with Gasteiger partial charge in [-0.1, -0.05) is 36.4 Å². The highest BCUT2D eigenvalue weighted by molar-refractivity contribution is 7.18. The lowest BCUT2D eigenvalue weighted by molar-refractivity contribution is 1.000. The van der Waals surface area contributed by atoms with Crippen LogP contribution in [0, 0.1) is 20.8 Å². The van der Waals surface area contributed by atoms with Gasteiger partial charge in [-0.15, -0.1) is 11.3 Å². The summed E-state index contributed by atoms with van der Waals surface area (Å²) in [5, 5.41) is 4.60. The molecule has 0 spiro atoms. The zero-order valence-corrected chi connectivity index (χ0v) is 16.0. The third-order valence-electron chi connectivity index (χ3n) is 4.54. The normalized spacial score (nSPS) is 11.0. The molecule has 0 atom stereocenters. The minimum Gasteiger partial charge on any atom is -0.340 e. The summed E-state index contributed by atoms with van der Waals surface area (Å²) >= 11 is 1.72. The minimum atomic E-state index is 0.731. The van der Waals surface area contributed by atoms with E-state index >= 15 is 0 Å². The molecule has 1 N–H and O–H groups in total. The molecule has 0 aliphatic rings. The number of fused-ring (bicyclic) bond motifs is 1. The van der Waals surface area contributed by atoms with Crippen molar-refractivity contribution in [1.82, 2.24) is 9.97 Å². The lowest BCUT2D eigenvalue weighted by Crippen LogP contribution is -2.02. The molecule has 3 nitrogen and oxygen atoms in total. The van der Waals surface area contributed by atoms with E-state index in [2.05, 4.69) is 74.6 Å². The maximum Gasteiger partial charge on any atom is 0.142 e. The first-order valence-corrected chi connectivity index (χ1v) is 9.55. The maximum atomic E-state index is 4.84. The number of nitrogens with one attached hydrogen (secondary N) is 1. The number of nitrogens with zero attached hydrogens (tertiary/aromatic N) is 2. The number of rotatable bonds is 4. The summed E-state index contributed by atoms with van der Waals surface area (Å²) in [6.07, 6.45) is 0.731. The quantitative estimate of drug-likeness (QED) is 0.489. The van der Waals surface area contributed by atoms with Crippen molar-refractivity contribution in [2.24, 2.45) is 0 Å². The molecular formula is C22H21N3S. The summed E-state index contributed by atoms with van der Waals surface area (Å²) in [5.41, 5.74) is 4.84. The summed E-state index contributed by atoms with van der Waals surface area (Å²) in [7, 11) is 0. The van der Waals surface area contributed by atoms with Gasteiger partial charge in [0, 0.05) is 17.0 Å². The molecule has 2 aromatic carbocycles. The van der Waals surface area contributed by atoms with Crippen molar-refractivity contribution in [2.75, 3.05) is 5.32 Å². The van der Waals surface area contributed by atoms with Crippen molar-refractivity contribution in [3.63, 3.8) is 0 Å². The van der Waals surface area contributed by atoms with Crippen molar-refractivity contribution >= 4 is 33.1 Å². The molecule has 0 amide bonds. The van der Waals surface area contributed by atoms with Crippen LogP contribution in [0.4, 0.5) is 11.5 Å². The Kier molecular flexibility index (Phi) is 4.43. The molecule has 0 saturated heterocycles. The fourth-order valence-corrected chi connectivity index (χ4v) is 3.89. The Balaban J connectivity index is 1.75. The van der Waals surface area contributed by atoms with E-state index in [1.165, 1.54) is 21.6 Å². The van der Waals surface area contributed by atoms with Crippen LogP contribution < -0.4 is 5.32 Å². The van der Waals surface area contributed by atoms with Gasteiger partial charge in [-0.2, -0.15) is 0 Å². The van der Waals surface area contributed by atoms with Gasteiger partial charge in [0.2, 0.25) is 0 Å². The van der Waals surface area contributed by atoms with Crippen molar-refractivity contribution in [3.8, 4) is 0 Å². The van der Waals surface area contributed by atoms with Crippen LogP contribution in [0.2, 0.25) is 0 Å². The SMILES string of the molecule is Cc1cc2c(Nc3ccc(C)c(C)c3)nc(Cc3ccccc3)nc2s1. The number of hydrogen-bond donors (Lipinski definition) is 1. The lowest BCUT2D eigenvalue weighted by Gasteiger charge is -2.11. The van der Waals surface area contributed by atoms with E-state index in [1.54, 1.807) is 11.3 Å². The molecule has 4 heteroatoms. The molecule has 0 aliphatic carbocycles. The molecular weight excluding hydrogens is 338 g/mol. The first-order chi connectivity index (χ1) is 12.6. The van der Waals surface area contributed by atoms with Gasteiger partial charge in [0.25, 0.3) is 0 Å². The maximum absolute atomic E-state index is 4.84. The van der Waals surface area contributed by atoms with Gasteiger partial charge in [0.05, 0.1) is 5.39 Å². The zero-order valence-electron chi connectivity index (χ0n) is 15.2. The topological polar surface area (TPSA) is 37.8 Å². The molecule has 0 radical (unpaired) electrons. The molecule has 130 valence electrons. The van der Waals surface area contributed by atoms with E-state index < -0.39 is 0 Å². The van der Waals surface area contributed by atoms with E-state index in [4.69, 9.17) is 9.97 Å². The number of aryl methyl sites for hydroxylation is 3. The Morgan fingerprint density at radius 2 is 1.69 bits per heavy atom. The lowest BCUT2D eigenvalue weighted by atomic mass is 10.1. The second-order valence-electron chi connectivity index (χ2n) is 6.65. The molecule has 2 heterocycles. The summed E-state index contributed by atoms with van der Waals surface area (Å²) < 4.78 is 0. The van der Waals surface area contributed by atoms with Crippen molar-refractivity contribution in [1.29, 1.82) is 0 Å². The Morgan fingerprint density at radius 1 is 0.885 bits per heavy atom. The molecule has 0 saturated carbocycles. The third-order valence-corrected chi connectivity index (χ3v) is 5.48. The number of hydrogen-bond acceptors (Lipinski definition) is 4. The molecule has 4 rings (SSSR count). The number of aromatic nitrogens is 2. The molecule has 26 heavy (non-hydrogen) atoms.